The van der Waals surface area contributed by atoms with Gasteiger partial charge in [-0.2, -0.15) is 0 Å². The smallest absolute Gasteiger partial charge is 0.0647 e. The van der Waals surface area contributed by atoms with Crippen molar-refractivity contribution >= 4 is 0 Å². The van der Waals surface area contributed by atoms with Gasteiger partial charge in [-0.1, -0.05) is 91.9 Å². The Balaban J connectivity index is 3.76. The van der Waals surface area contributed by atoms with E-state index in [0.29, 0.717) is 0 Å². The van der Waals surface area contributed by atoms with E-state index in [9.17, 15) is 10.2 Å². The van der Waals surface area contributed by atoms with Gasteiger partial charge in [0.05, 0.1) is 11.2 Å². The number of unbranched alkanes of at least 4 members (excludes halogenated alkanes) is 5. The van der Waals surface area contributed by atoms with Crippen LogP contribution in [-0.2, 0) is 0 Å². The molecule has 0 fully saturated rings. The first-order chi connectivity index (χ1) is 11.4. The second-order valence-electron chi connectivity index (χ2n) is 8.07. The zero-order valence-corrected chi connectivity index (χ0v) is 17.2. The fourth-order valence-corrected chi connectivity index (χ4v) is 4.23. The lowest BCUT2D eigenvalue weighted by molar-refractivity contribution is 0.00918. The van der Waals surface area contributed by atoms with E-state index >= 15 is 0 Å². The highest BCUT2D eigenvalue weighted by molar-refractivity contribution is 4.78. The van der Waals surface area contributed by atoms with E-state index in [-0.39, 0.29) is 0 Å². The van der Waals surface area contributed by atoms with E-state index in [1.165, 1.54) is 25.7 Å². The summed E-state index contributed by atoms with van der Waals surface area (Å²) in [6.45, 7) is 8.66. The summed E-state index contributed by atoms with van der Waals surface area (Å²) in [6, 6.07) is 0. The van der Waals surface area contributed by atoms with Gasteiger partial charge in [0.25, 0.3) is 0 Å². The molecule has 0 aliphatic carbocycles. The molecule has 0 aliphatic rings. The second-order valence-corrected chi connectivity index (χ2v) is 8.07. The molecule has 2 N–H and O–H groups in total. The maximum Gasteiger partial charge on any atom is 0.0647 e. The predicted octanol–water partition coefficient (Wildman–Crippen LogP) is 6.77. The number of hydrogen-bond acceptors (Lipinski definition) is 2. The number of aliphatic hydroxyl groups is 2. The van der Waals surface area contributed by atoms with Crippen LogP contribution in [0.15, 0.2) is 0 Å². The molecular formula is C22H46O2. The first-order valence-corrected chi connectivity index (χ1v) is 10.9. The largest absolute Gasteiger partial charge is 0.390 e. The molecule has 0 aromatic rings. The molecule has 0 rings (SSSR count). The third-order valence-corrected chi connectivity index (χ3v) is 5.40. The standard InChI is InChI=1S/C22H46O2/c1-5-15-21(23,16-6-2)19-13-11-9-10-12-14-20-22(24,17-7-3)18-8-4/h23-24H,5-20H2,1-4H3. The minimum atomic E-state index is -0.402. The molecule has 0 saturated carbocycles. The molecule has 146 valence electrons. The van der Waals surface area contributed by atoms with E-state index in [0.717, 1.165) is 77.0 Å². The van der Waals surface area contributed by atoms with Crippen molar-refractivity contribution in [2.75, 3.05) is 0 Å². The monoisotopic (exact) mass is 342 g/mol. The van der Waals surface area contributed by atoms with Gasteiger partial charge in [0.1, 0.15) is 0 Å². The third-order valence-electron chi connectivity index (χ3n) is 5.40. The molecule has 2 nitrogen and oxygen atoms in total. The minimum Gasteiger partial charge on any atom is -0.390 e. The van der Waals surface area contributed by atoms with Crippen LogP contribution in [-0.4, -0.2) is 21.4 Å². The molecule has 0 amide bonds. The molecule has 0 radical (unpaired) electrons. The summed E-state index contributed by atoms with van der Waals surface area (Å²) in [5.74, 6) is 0. The SMILES string of the molecule is CCCC(O)(CCC)CCCCCCCCC(O)(CCC)CCC. The molecule has 24 heavy (non-hydrogen) atoms. The Morgan fingerprint density at radius 3 is 0.917 bits per heavy atom. The highest BCUT2D eigenvalue weighted by Gasteiger charge is 2.24. The van der Waals surface area contributed by atoms with Gasteiger partial charge >= 0.3 is 0 Å². The van der Waals surface area contributed by atoms with Crippen molar-refractivity contribution in [3.63, 3.8) is 0 Å². The normalized spacial score (nSPS) is 12.8. The first-order valence-electron chi connectivity index (χ1n) is 10.9. The Bertz CT molecular complexity index is 235. The molecule has 2 heteroatoms. The van der Waals surface area contributed by atoms with Crippen LogP contribution in [0.5, 0.6) is 0 Å². The maximum atomic E-state index is 10.6. The molecule has 0 aromatic carbocycles. The van der Waals surface area contributed by atoms with Crippen molar-refractivity contribution in [3.8, 4) is 0 Å². The van der Waals surface area contributed by atoms with E-state index in [1.54, 1.807) is 0 Å². The zero-order valence-electron chi connectivity index (χ0n) is 17.2. The minimum absolute atomic E-state index is 0.402. The van der Waals surface area contributed by atoms with Gasteiger partial charge in [0.15, 0.2) is 0 Å². The van der Waals surface area contributed by atoms with Crippen LogP contribution in [0, 0.1) is 0 Å². The quantitative estimate of drug-likeness (QED) is 0.286. The topological polar surface area (TPSA) is 40.5 Å². The maximum absolute atomic E-state index is 10.6. The average Bonchev–Trinajstić information content (AvgIpc) is 2.51. The molecule has 0 aliphatic heterocycles. The molecule has 0 bridgehead atoms. The van der Waals surface area contributed by atoms with Crippen molar-refractivity contribution in [2.45, 2.75) is 142 Å². The van der Waals surface area contributed by atoms with Crippen LogP contribution < -0.4 is 0 Å². The van der Waals surface area contributed by atoms with Crippen LogP contribution in [0.4, 0.5) is 0 Å². The predicted molar refractivity (Wildman–Crippen MR) is 106 cm³/mol. The third kappa shape index (κ3) is 11.5. The van der Waals surface area contributed by atoms with Crippen molar-refractivity contribution in [3.05, 3.63) is 0 Å². The summed E-state index contributed by atoms with van der Waals surface area (Å²) in [5.41, 5.74) is -0.805. The lowest BCUT2D eigenvalue weighted by Gasteiger charge is -2.28. The summed E-state index contributed by atoms with van der Waals surface area (Å²) < 4.78 is 0. The lowest BCUT2D eigenvalue weighted by atomic mass is 9.86. The molecular weight excluding hydrogens is 296 g/mol. The summed E-state index contributed by atoms with van der Waals surface area (Å²) in [6.07, 6.45) is 17.4. The summed E-state index contributed by atoms with van der Waals surface area (Å²) in [7, 11) is 0. The van der Waals surface area contributed by atoms with E-state index < -0.39 is 11.2 Å². The Morgan fingerprint density at radius 2 is 0.667 bits per heavy atom. The van der Waals surface area contributed by atoms with Gasteiger partial charge < -0.3 is 10.2 Å². The highest BCUT2D eigenvalue weighted by atomic mass is 16.3. The molecule has 0 saturated heterocycles. The van der Waals surface area contributed by atoms with Gasteiger partial charge in [-0.3, -0.25) is 0 Å². The van der Waals surface area contributed by atoms with Gasteiger partial charge in [-0.25, -0.2) is 0 Å². The van der Waals surface area contributed by atoms with E-state index in [1.807, 2.05) is 0 Å². The molecule has 0 aromatic heterocycles. The molecule has 0 heterocycles. The lowest BCUT2D eigenvalue weighted by Crippen LogP contribution is -2.28. The number of hydrogen-bond donors (Lipinski definition) is 2. The van der Waals surface area contributed by atoms with Crippen LogP contribution in [0.3, 0.4) is 0 Å². The van der Waals surface area contributed by atoms with Crippen molar-refractivity contribution in [1.82, 2.24) is 0 Å². The first kappa shape index (κ1) is 23.9. The van der Waals surface area contributed by atoms with Gasteiger partial charge in [0, 0.05) is 0 Å². The van der Waals surface area contributed by atoms with Gasteiger partial charge in [-0.15, -0.1) is 0 Å². The van der Waals surface area contributed by atoms with Crippen LogP contribution >= 0.6 is 0 Å². The fourth-order valence-electron chi connectivity index (χ4n) is 4.23. The Morgan fingerprint density at radius 1 is 0.417 bits per heavy atom. The van der Waals surface area contributed by atoms with Gasteiger partial charge in [0.2, 0.25) is 0 Å². The van der Waals surface area contributed by atoms with E-state index in [4.69, 9.17) is 0 Å². The molecule has 0 spiro atoms. The van der Waals surface area contributed by atoms with Crippen molar-refractivity contribution in [2.24, 2.45) is 0 Å². The average molecular weight is 343 g/mol. The summed E-state index contributed by atoms with van der Waals surface area (Å²) in [4.78, 5) is 0. The summed E-state index contributed by atoms with van der Waals surface area (Å²) >= 11 is 0. The van der Waals surface area contributed by atoms with Crippen molar-refractivity contribution in [1.29, 1.82) is 0 Å². The highest BCUT2D eigenvalue weighted by Crippen LogP contribution is 2.28. The van der Waals surface area contributed by atoms with Crippen LogP contribution in [0.25, 0.3) is 0 Å². The Kier molecular flexibility index (Phi) is 14.1. The van der Waals surface area contributed by atoms with Crippen molar-refractivity contribution < 1.29 is 10.2 Å². The molecule has 0 atom stereocenters. The fraction of sp³-hybridized carbons (Fsp3) is 1.00. The van der Waals surface area contributed by atoms with Gasteiger partial charge in [-0.05, 0) is 38.5 Å². The Labute approximate surface area is 152 Å². The Hall–Kier alpha value is -0.0800. The van der Waals surface area contributed by atoms with E-state index in [2.05, 4.69) is 27.7 Å². The summed E-state index contributed by atoms with van der Waals surface area (Å²) in [5, 5.41) is 21.2. The number of rotatable bonds is 17. The van der Waals surface area contributed by atoms with Crippen LogP contribution in [0.2, 0.25) is 0 Å². The van der Waals surface area contributed by atoms with Crippen LogP contribution in [0.1, 0.15) is 130 Å². The molecule has 0 unspecified atom stereocenters. The zero-order chi connectivity index (χ0) is 18.3. The second kappa shape index (κ2) is 14.1.